The zero-order valence-electron chi connectivity index (χ0n) is 12.1. The summed E-state index contributed by atoms with van der Waals surface area (Å²) < 4.78 is 103. The van der Waals surface area contributed by atoms with Gasteiger partial charge in [-0.25, -0.2) is 0 Å². The maximum absolute atomic E-state index is 14.1. The predicted molar refractivity (Wildman–Crippen MR) is 71.1 cm³/mol. The molecule has 0 atom stereocenters. The van der Waals surface area contributed by atoms with Gasteiger partial charge < -0.3 is 0 Å². The number of halogens is 8. The minimum Gasteiger partial charge on any atom is -0.287 e. The van der Waals surface area contributed by atoms with Crippen LogP contribution in [0.15, 0.2) is 48.5 Å². The van der Waals surface area contributed by atoms with Crippen LogP contribution >= 0.6 is 0 Å². The summed E-state index contributed by atoms with van der Waals surface area (Å²) in [5.41, 5.74) is -3.99. The van der Waals surface area contributed by atoms with Crippen LogP contribution in [0.3, 0.4) is 0 Å². The number of Topliss-reactive ketones (excluding diaryl/α,β-unsaturated/α-hetero) is 1. The van der Waals surface area contributed by atoms with Gasteiger partial charge in [-0.15, -0.1) is 0 Å². The molecule has 2 rings (SSSR count). The number of carbonyl (C=O) groups is 1. The molecule has 0 amide bonds. The van der Waals surface area contributed by atoms with Crippen LogP contribution in [-0.2, 0) is 18.3 Å². The number of alkyl halides is 8. The summed E-state index contributed by atoms with van der Waals surface area (Å²) >= 11 is 0. The number of hydrogen-bond donors (Lipinski definition) is 0. The fourth-order valence-electron chi connectivity index (χ4n) is 1.99. The zero-order chi connectivity index (χ0) is 19.0. The summed E-state index contributed by atoms with van der Waals surface area (Å²) in [4.78, 5) is 11.9. The van der Waals surface area contributed by atoms with Crippen molar-refractivity contribution >= 4 is 5.78 Å². The highest BCUT2D eigenvalue weighted by Gasteiger charge is 2.42. The summed E-state index contributed by atoms with van der Waals surface area (Å²) in [6.07, 6.45) is -9.43. The lowest BCUT2D eigenvalue weighted by molar-refractivity contribution is -0.138. The van der Waals surface area contributed by atoms with Crippen LogP contribution in [0.25, 0.3) is 0 Å². The van der Waals surface area contributed by atoms with E-state index in [1.807, 2.05) is 0 Å². The Morgan fingerprint density at radius 1 is 0.560 bits per heavy atom. The Bertz CT molecular complexity index is 755. The molecule has 1 nitrogen and oxygen atoms in total. The van der Waals surface area contributed by atoms with E-state index in [-0.39, 0.29) is 0 Å². The highest BCUT2D eigenvalue weighted by molar-refractivity contribution is 6.01. The lowest BCUT2D eigenvalue weighted by atomic mass is 9.97. The van der Waals surface area contributed by atoms with E-state index in [4.69, 9.17) is 0 Å². The largest absolute Gasteiger partial charge is 0.416 e. The summed E-state index contributed by atoms with van der Waals surface area (Å²) in [5, 5.41) is 0. The molecule has 0 N–H and O–H groups in total. The molecular weight excluding hydrogens is 360 g/mol. The van der Waals surface area contributed by atoms with Crippen molar-refractivity contribution in [1.82, 2.24) is 0 Å². The summed E-state index contributed by atoms with van der Waals surface area (Å²) in [7, 11) is 0. The first kappa shape index (κ1) is 18.9. The fraction of sp³-hybridized carbons (Fsp3) is 0.188. The van der Waals surface area contributed by atoms with E-state index in [2.05, 4.69) is 0 Å². The van der Waals surface area contributed by atoms with Gasteiger partial charge in [0.1, 0.15) is 0 Å². The van der Waals surface area contributed by atoms with Gasteiger partial charge in [0, 0.05) is 11.1 Å². The maximum atomic E-state index is 14.1. The van der Waals surface area contributed by atoms with E-state index in [0.717, 1.165) is 0 Å². The molecule has 0 fully saturated rings. The molecule has 134 valence electrons. The molecule has 0 bridgehead atoms. The molecule has 25 heavy (non-hydrogen) atoms. The smallest absolute Gasteiger partial charge is 0.287 e. The third-order valence-corrected chi connectivity index (χ3v) is 3.33. The Hall–Kier alpha value is -2.45. The highest BCUT2D eigenvalue weighted by Crippen LogP contribution is 2.36. The SMILES string of the molecule is O=C(c1ccc(C(F)(F)F)cc1)C(F)(F)c1ccc(C(F)(F)F)cc1. The van der Waals surface area contributed by atoms with Crippen molar-refractivity contribution in [2.24, 2.45) is 0 Å². The molecular formula is C16H8F8O. The van der Waals surface area contributed by atoms with Crippen molar-refractivity contribution in [2.75, 3.05) is 0 Å². The quantitative estimate of drug-likeness (QED) is 0.502. The number of carbonyl (C=O) groups excluding carboxylic acids is 1. The number of hydrogen-bond acceptors (Lipinski definition) is 1. The van der Waals surface area contributed by atoms with Crippen molar-refractivity contribution in [1.29, 1.82) is 0 Å². The molecule has 0 aliphatic heterocycles. The first-order valence-electron chi connectivity index (χ1n) is 6.61. The molecule has 2 aromatic rings. The molecule has 0 saturated carbocycles. The van der Waals surface area contributed by atoms with Gasteiger partial charge in [-0.05, 0) is 24.3 Å². The number of rotatable bonds is 3. The first-order valence-corrected chi connectivity index (χ1v) is 6.61. The summed E-state index contributed by atoms with van der Waals surface area (Å²) in [5.74, 6) is -6.01. The summed E-state index contributed by atoms with van der Waals surface area (Å²) in [6, 6.07) is 3.79. The zero-order valence-corrected chi connectivity index (χ0v) is 12.1. The second-order valence-electron chi connectivity index (χ2n) is 5.05. The molecule has 0 spiro atoms. The van der Waals surface area contributed by atoms with Crippen molar-refractivity contribution in [3.05, 3.63) is 70.8 Å². The van der Waals surface area contributed by atoms with E-state index in [0.29, 0.717) is 48.5 Å². The molecule has 0 heterocycles. The lowest BCUT2D eigenvalue weighted by Gasteiger charge is -2.17. The average molecular weight is 368 g/mol. The second-order valence-corrected chi connectivity index (χ2v) is 5.05. The van der Waals surface area contributed by atoms with Gasteiger partial charge in [-0.3, -0.25) is 4.79 Å². The Balaban J connectivity index is 2.31. The van der Waals surface area contributed by atoms with Gasteiger partial charge in [0.2, 0.25) is 5.78 Å². The minimum atomic E-state index is -4.73. The van der Waals surface area contributed by atoms with Crippen molar-refractivity contribution in [2.45, 2.75) is 18.3 Å². The van der Waals surface area contributed by atoms with Crippen LogP contribution < -0.4 is 0 Å². The number of benzene rings is 2. The molecule has 0 saturated heterocycles. The first-order chi connectivity index (χ1) is 11.3. The van der Waals surface area contributed by atoms with Gasteiger partial charge in [0.25, 0.3) is 0 Å². The van der Waals surface area contributed by atoms with Crippen LogP contribution in [0.5, 0.6) is 0 Å². The Labute approximate surface area is 135 Å². The minimum absolute atomic E-state index is 0.392. The van der Waals surface area contributed by atoms with Crippen molar-refractivity contribution < 1.29 is 39.9 Å². The van der Waals surface area contributed by atoms with Gasteiger partial charge >= 0.3 is 18.3 Å². The fourth-order valence-corrected chi connectivity index (χ4v) is 1.99. The second kappa shape index (κ2) is 6.12. The van der Waals surface area contributed by atoms with E-state index in [1.165, 1.54) is 0 Å². The third kappa shape index (κ3) is 3.97. The average Bonchev–Trinajstić information content (AvgIpc) is 2.52. The molecule has 0 aromatic heterocycles. The molecule has 0 aliphatic rings. The van der Waals surface area contributed by atoms with Crippen LogP contribution in [0.2, 0.25) is 0 Å². The molecule has 0 aliphatic carbocycles. The topological polar surface area (TPSA) is 17.1 Å². The normalized spacial score (nSPS) is 13.0. The Morgan fingerprint density at radius 3 is 1.24 bits per heavy atom. The predicted octanol–water partition coefficient (Wildman–Crippen LogP) is 5.70. The van der Waals surface area contributed by atoms with Crippen LogP contribution in [0.4, 0.5) is 35.1 Å². The Kier molecular flexibility index (Phi) is 4.63. The van der Waals surface area contributed by atoms with Crippen LogP contribution in [0.1, 0.15) is 27.0 Å². The molecule has 9 heteroatoms. The lowest BCUT2D eigenvalue weighted by Crippen LogP contribution is -2.26. The summed E-state index contributed by atoms with van der Waals surface area (Å²) in [6.45, 7) is 0. The van der Waals surface area contributed by atoms with Gasteiger partial charge in [-0.2, -0.15) is 35.1 Å². The van der Waals surface area contributed by atoms with Gasteiger partial charge in [0.15, 0.2) is 0 Å². The van der Waals surface area contributed by atoms with E-state index >= 15 is 0 Å². The van der Waals surface area contributed by atoms with Gasteiger partial charge in [0.05, 0.1) is 11.1 Å². The van der Waals surface area contributed by atoms with E-state index in [9.17, 15) is 39.9 Å². The van der Waals surface area contributed by atoms with Crippen molar-refractivity contribution in [3.63, 3.8) is 0 Å². The monoisotopic (exact) mass is 368 g/mol. The third-order valence-electron chi connectivity index (χ3n) is 3.33. The van der Waals surface area contributed by atoms with Crippen LogP contribution in [-0.4, -0.2) is 5.78 Å². The highest BCUT2D eigenvalue weighted by atomic mass is 19.4. The molecule has 0 radical (unpaired) electrons. The van der Waals surface area contributed by atoms with Crippen molar-refractivity contribution in [3.8, 4) is 0 Å². The van der Waals surface area contributed by atoms with Crippen LogP contribution in [0, 0.1) is 0 Å². The Morgan fingerprint density at radius 2 is 0.880 bits per heavy atom. The molecule has 0 unspecified atom stereocenters. The van der Waals surface area contributed by atoms with E-state index in [1.54, 1.807) is 0 Å². The van der Waals surface area contributed by atoms with Gasteiger partial charge in [-0.1, -0.05) is 24.3 Å². The number of ketones is 1. The van der Waals surface area contributed by atoms with E-state index < -0.39 is 46.3 Å². The maximum Gasteiger partial charge on any atom is 0.416 e. The standard InChI is InChI=1S/C16H8F8O/c17-14(18,10-5-7-12(8-6-10)16(22,23)24)13(25)9-1-3-11(4-2-9)15(19,20)21/h1-8H. The molecule has 2 aromatic carbocycles.